The predicted octanol–water partition coefficient (Wildman–Crippen LogP) is 2.09. The molecule has 1 aliphatic heterocycles. The standard InChI is InChI=1S/C15H22ClN3OS/c1-2-21-14-4-3-12(16)11-13(14)15(20)18-7-10-19-8-5-17-6-9-19/h3-4,11,17H,2,5-10H2,1H3,(H,18,20). The van der Waals surface area contributed by atoms with Crippen LogP contribution >= 0.6 is 23.4 Å². The largest absolute Gasteiger partial charge is 0.351 e. The minimum Gasteiger partial charge on any atom is -0.351 e. The van der Waals surface area contributed by atoms with Gasteiger partial charge in [0.25, 0.3) is 5.91 Å². The molecule has 4 nitrogen and oxygen atoms in total. The van der Waals surface area contributed by atoms with E-state index >= 15 is 0 Å². The molecule has 0 bridgehead atoms. The van der Waals surface area contributed by atoms with Crippen molar-refractivity contribution in [2.24, 2.45) is 0 Å². The van der Waals surface area contributed by atoms with Gasteiger partial charge in [0.2, 0.25) is 0 Å². The van der Waals surface area contributed by atoms with Crippen molar-refractivity contribution in [3.05, 3.63) is 28.8 Å². The summed E-state index contributed by atoms with van der Waals surface area (Å²) in [5.41, 5.74) is 0.676. The number of nitrogens with one attached hydrogen (secondary N) is 2. The number of hydrogen-bond donors (Lipinski definition) is 2. The minimum absolute atomic E-state index is 0.0383. The normalized spacial score (nSPS) is 15.9. The topological polar surface area (TPSA) is 44.4 Å². The van der Waals surface area contributed by atoms with Gasteiger partial charge in [-0.15, -0.1) is 11.8 Å². The number of carbonyl (C=O) groups is 1. The van der Waals surface area contributed by atoms with Crippen molar-refractivity contribution >= 4 is 29.3 Å². The molecule has 0 aliphatic carbocycles. The molecule has 116 valence electrons. The molecule has 0 radical (unpaired) electrons. The van der Waals surface area contributed by atoms with Gasteiger partial charge in [0.15, 0.2) is 0 Å². The summed E-state index contributed by atoms with van der Waals surface area (Å²) in [6.07, 6.45) is 0. The summed E-state index contributed by atoms with van der Waals surface area (Å²) in [6, 6.07) is 5.50. The van der Waals surface area contributed by atoms with E-state index in [0.717, 1.165) is 43.4 Å². The first-order chi connectivity index (χ1) is 10.2. The maximum absolute atomic E-state index is 12.3. The minimum atomic E-state index is -0.0383. The molecule has 1 heterocycles. The van der Waals surface area contributed by atoms with Crippen molar-refractivity contribution in [1.29, 1.82) is 0 Å². The second-order valence-electron chi connectivity index (χ2n) is 4.92. The predicted molar refractivity (Wildman–Crippen MR) is 89.5 cm³/mol. The summed E-state index contributed by atoms with van der Waals surface area (Å²) in [5.74, 6) is 0.895. The quantitative estimate of drug-likeness (QED) is 0.785. The van der Waals surface area contributed by atoms with Gasteiger partial charge < -0.3 is 10.6 Å². The maximum atomic E-state index is 12.3. The van der Waals surface area contributed by atoms with E-state index in [1.165, 1.54) is 0 Å². The molecular weight excluding hydrogens is 306 g/mol. The van der Waals surface area contributed by atoms with E-state index in [4.69, 9.17) is 11.6 Å². The lowest BCUT2D eigenvalue weighted by Crippen LogP contribution is -2.46. The van der Waals surface area contributed by atoms with Crippen LogP contribution in [0.15, 0.2) is 23.1 Å². The van der Waals surface area contributed by atoms with Gasteiger partial charge in [-0.05, 0) is 24.0 Å². The van der Waals surface area contributed by atoms with Gasteiger partial charge >= 0.3 is 0 Å². The highest BCUT2D eigenvalue weighted by molar-refractivity contribution is 7.99. The van der Waals surface area contributed by atoms with E-state index in [2.05, 4.69) is 22.5 Å². The van der Waals surface area contributed by atoms with Crippen molar-refractivity contribution in [2.45, 2.75) is 11.8 Å². The third-order valence-corrected chi connectivity index (χ3v) is 4.60. The zero-order valence-corrected chi connectivity index (χ0v) is 13.9. The number of rotatable bonds is 6. The van der Waals surface area contributed by atoms with Crippen LogP contribution in [0.2, 0.25) is 5.02 Å². The first-order valence-electron chi connectivity index (χ1n) is 7.34. The Balaban J connectivity index is 1.88. The molecule has 1 fully saturated rings. The Kier molecular flexibility index (Phi) is 6.83. The first-order valence-corrected chi connectivity index (χ1v) is 8.70. The fourth-order valence-corrected chi connectivity index (χ4v) is 3.27. The molecular formula is C15H22ClN3OS. The van der Waals surface area contributed by atoms with Crippen molar-refractivity contribution in [2.75, 3.05) is 45.0 Å². The van der Waals surface area contributed by atoms with E-state index in [1.807, 2.05) is 12.1 Å². The Hall–Kier alpha value is -0.750. The molecule has 1 aromatic rings. The molecule has 1 aromatic carbocycles. The summed E-state index contributed by atoms with van der Waals surface area (Å²) >= 11 is 7.67. The van der Waals surface area contributed by atoms with Crippen LogP contribution in [0.4, 0.5) is 0 Å². The molecule has 0 unspecified atom stereocenters. The van der Waals surface area contributed by atoms with E-state index in [0.29, 0.717) is 17.1 Å². The van der Waals surface area contributed by atoms with Gasteiger partial charge in [-0.2, -0.15) is 0 Å². The van der Waals surface area contributed by atoms with Gasteiger partial charge in [0.1, 0.15) is 0 Å². The summed E-state index contributed by atoms with van der Waals surface area (Å²) in [5, 5.41) is 6.92. The van der Waals surface area contributed by atoms with Crippen LogP contribution in [0.25, 0.3) is 0 Å². The molecule has 0 saturated carbocycles. The van der Waals surface area contributed by atoms with Crippen LogP contribution < -0.4 is 10.6 Å². The Morgan fingerprint density at radius 2 is 2.19 bits per heavy atom. The molecule has 1 saturated heterocycles. The number of thioether (sulfide) groups is 1. The number of piperazine rings is 1. The first kappa shape index (κ1) is 16.6. The third kappa shape index (κ3) is 5.18. The van der Waals surface area contributed by atoms with Crippen LogP contribution in [0, 0.1) is 0 Å². The molecule has 6 heteroatoms. The van der Waals surface area contributed by atoms with Gasteiger partial charge in [-0.1, -0.05) is 18.5 Å². The highest BCUT2D eigenvalue weighted by Gasteiger charge is 2.13. The monoisotopic (exact) mass is 327 g/mol. The molecule has 21 heavy (non-hydrogen) atoms. The van der Waals surface area contributed by atoms with Gasteiger partial charge in [0.05, 0.1) is 5.56 Å². The smallest absolute Gasteiger partial charge is 0.252 e. The number of benzene rings is 1. The number of amides is 1. The van der Waals surface area contributed by atoms with Gasteiger partial charge in [-0.25, -0.2) is 0 Å². The van der Waals surface area contributed by atoms with Crippen LogP contribution in [-0.4, -0.2) is 55.8 Å². The third-order valence-electron chi connectivity index (χ3n) is 3.41. The van der Waals surface area contributed by atoms with E-state index in [1.54, 1.807) is 17.8 Å². The lowest BCUT2D eigenvalue weighted by molar-refractivity contribution is 0.0944. The lowest BCUT2D eigenvalue weighted by atomic mass is 10.2. The fourth-order valence-electron chi connectivity index (χ4n) is 2.32. The second-order valence-corrected chi connectivity index (χ2v) is 6.66. The van der Waals surface area contributed by atoms with Crippen molar-refractivity contribution in [1.82, 2.24) is 15.5 Å². The SMILES string of the molecule is CCSc1ccc(Cl)cc1C(=O)NCCN1CCNCC1. The number of halogens is 1. The maximum Gasteiger partial charge on any atom is 0.252 e. The highest BCUT2D eigenvalue weighted by atomic mass is 35.5. The summed E-state index contributed by atoms with van der Waals surface area (Å²) < 4.78 is 0. The van der Waals surface area contributed by atoms with Crippen LogP contribution in [0.5, 0.6) is 0 Å². The Bertz CT molecular complexity index is 478. The number of carbonyl (C=O) groups excluding carboxylic acids is 1. The van der Waals surface area contributed by atoms with E-state index in [9.17, 15) is 4.79 Å². The van der Waals surface area contributed by atoms with E-state index in [-0.39, 0.29) is 5.91 Å². The van der Waals surface area contributed by atoms with Crippen LogP contribution in [0.3, 0.4) is 0 Å². The lowest BCUT2D eigenvalue weighted by Gasteiger charge is -2.27. The summed E-state index contributed by atoms with van der Waals surface area (Å²) in [6.45, 7) is 7.78. The van der Waals surface area contributed by atoms with Crippen molar-refractivity contribution < 1.29 is 4.79 Å². The molecule has 0 aromatic heterocycles. The average molecular weight is 328 g/mol. The van der Waals surface area contributed by atoms with Crippen molar-refractivity contribution in [3.8, 4) is 0 Å². The van der Waals surface area contributed by atoms with Gasteiger partial charge in [-0.3, -0.25) is 9.69 Å². The fraction of sp³-hybridized carbons (Fsp3) is 0.533. The second kappa shape index (κ2) is 8.63. The molecule has 2 N–H and O–H groups in total. The molecule has 2 rings (SSSR count). The van der Waals surface area contributed by atoms with Crippen LogP contribution in [0.1, 0.15) is 17.3 Å². The average Bonchev–Trinajstić information content (AvgIpc) is 2.50. The van der Waals surface area contributed by atoms with E-state index < -0.39 is 0 Å². The Morgan fingerprint density at radius 1 is 1.43 bits per heavy atom. The molecule has 0 atom stereocenters. The highest BCUT2D eigenvalue weighted by Crippen LogP contribution is 2.25. The zero-order valence-electron chi connectivity index (χ0n) is 12.3. The summed E-state index contributed by atoms with van der Waals surface area (Å²) in [4.78, 5) is 15.7. The Labute approximate surface area is 135 Å². The zero-order chi connectivity index (χ0) is 15.1. The number of hydrogen-bond acceptors (Lipinski definition) is 4. The van der Waals surface area contributed by atoms with Crippen molar-refractivity contribution in [3.63, 3.8) is 0 Å². The number of nitrogens with zero attached hydrogens (tertiary/aromatic N) is 1. The molecule has 0 spiro atoms. The Morgan fingerprint density at radius 3 is 2.90 bits per heavy atom. The van der Waals surface area contributed by atoms with Crippen LogP contribution in [-0.2, 0) is 0 Å². The molecule has 1 aliphatic rings. The van der Waals surface area contributed by atoms with Gasteiger partial charge in [0, 0.05) is 49.2 Å². The molecule has 1 amide bonds. The summed E-state index contributed by atoms with van der Waals surface area (Å²) in [7, 11) is 0.